The zero-order valence-corrected chi connectivity index (χ0v) is 23.6. The minimum absolute atomic E-state index is 0. The lowest BCUT2D eigenvalue weighted by Crippen LogP contribution is -2.26. The summed E-state index contributed by atoms with van der Waals surface area (Å²) in [5.74, 6) is 2.35. The number of H-pyrrole nitrogens is 1. The average Bonchev–Trinajstić information content (AvgIpc) is 3.53. The Bertz CT molecular complexity index is 1500. The summed E-state index contributed by atoms with van der Waals surface area (Å²) in [7, 11) is -3.37. The van der Waals surface area contributed by atoms with Crippen molar-refractivity contribution >= 4 is 49.9 Å². The van der Waals surface area contributed by atoms with Gasteiger partial charge in [-0.25, -0.2) is 8.42 Å². The van der Waals surface area contributed by atoms with Gasteiger partial charge in [0.15, 0.2) is 0 Å². The molecule has 5 rings (SSSR count). The maximum Gasteiger partial charge on any atom is 0.229 e. The van der Waals surface area contributed by atoms with Crippen molar-refractivity contribution in [2.45, 2.75) is 31.8 Å². The van der Waals surface area contributed by atoms with Crippen LogP contribution < -0.4 is 19.5 Å². The number of hydrogen-bond acceptors (Lipinski definition) is 6. The monoisotopic (exact) mass is 573 g/mol. The summed E-state index contributed by atoms with van der Waals surface area (Å²) in [6, 6.07) is 19.0. The Morgan fingerprint density at radius 3 is 2.31 bits per heavy atom. The molecule has 39 heavy (non-hydrogen) atoms. The molecule has 1 heterocycles. The molecule has 1 unspecified atom stereocenters. The lowest BCUT2D eigenvalue weighted by molar-refractivity contribution is 0.172. The molecular weight excluding hydrogens is 538 g/mol. The first kappa shape index (κ1) is 29.0. The number of anilines is 1. The Labute approximate surface area is 235 Å². The highest BCUT2D eigenvalue weighted by Crippen LogP contribution is 2.31. The highest BCUT2D eigenvalue weighted by Gasteiger charge is 2.16. The van der Waals surface area contributed by atoms with E-state index >= 15 is 0 Å². The minimum Gasteiger partial charge on any atom is -0.493 e. The van der Waals surface area contributed by atoms with Crippen LogP contribution in [0.1, 0.15) is 37.4 Å². The van der Waals surface area contributed by atoms with Crippen molar-refractivity contribution in [3.05, 3.63) is 66.2 Å². The quantitative estimate of drug-likeness (QED) is 0.169. The van der Waals surface area contributed by atoms with Crippen LogP contribution in [0.5, 0.6) is 11.5 Å². The first-order valence-corrected chi connectivity index (χ1v) is 15.0. The number of nitrogens with one attached hydrogen (secondary N) is 3. The zero-order valence-electron chi connectivity index (χ0n) is 22.0. The van der Waals surface area contributed by atoms with Crippen molar-refractivity contribution in [2.24, 2.45) is 5.92 Å². The van der Waals surface area contributed by atoms with Gasteiger partial charge in [-0.2, -0.15) is 0 Å². The number of sulfonamides is 1. The SMILES string of the molecule is CS(=O)(=O)Nc1cccc(C(O)CNCCOc2ccc3c(c2)[nH]c2cc(OCC4CCCC4)ccc23)c1.Cl. The molecular formula is C29H36ClN3O5S. The van der Waals surface area contributed by atoms with Gasteiger partial charge >= 0.3 is 0 Å². The topological polar surface area (TPSA) is 113 Å². The lowest BCUT2D eigenvalue weighted by atomic mass is 10.1. The largest absolute Gasteiger partial charge is 0.493 e. The fourth-order valence-corrected chi connectivity index (χ4v) is 5.62. The third kappa shape index (κ3) is 7.79. The molecule has 4 aromatic rings. The molecule has 210 valence electrons. The van der Waals surface area contributed by atoms with Gasteiger partial charge in [-0.1, -0.05) is 25.0 Å². The van der Waals surface area contributed by atoms with Crippen LogP contribution >= 0.6 is 12.4 Å². The van der Waals surface area contributed by atoms with Crippen LogP contribution in [-0.2, 0) is 10.0 Å². The molecule has 1 fully saturated rings. The van der Waals surface area contributed by atoms with E-state index in [1.807, 2.05) is 18.2 Å². The summed E-state index contributed by atoms with van der Waals surface area (Å²) in [4.78, 5) is 3.49. The zero-order chi connectivity index (χ0) is 26.5. The van der Waals surface area contributed by atoms with Gasteiger partial charge in [0, 0.05) is 41.7 Å². The number of ether oxygens (including phenoxy) is 2. The number of aromatic amines is 1. The number of halogens is 1. The molecule has 0 aliphatic heterocycles. The Balaban J connectivity index is 0.00000353. The van der Waals surface area contributed by atoms with E-state index in [0.717, 1.165) is 46.2 Å². The highest BCUT2D eigenvalue weighted by atomic mass is 35.5. The van der Waals surface area contributed by atoms with E-state index in [2.05, 4.69) is 33.2 Å². The second-order valence-corrected chi connectivity index (χ2v) is 11.8. The van der Waals surface area contributed by atoms with E-state index in [1.165, 1.54) is 25.7 Å². The fraction of sp³-hybridized carbons (Fsp3) is 0.379. The van der Waals surface area contributed by atoms with Gasteiger partial charge in [0.1, 0.15) is 18.1 Å². The Morgan fingerprint density at radius 2 is 1.64 bits per heavy atom. The summed E-state index contributed by atoms with van der Waals surface area (Å²) in [5.41, 5.74) is 3.11. The van der Waals surface area contributed by atoms with Gasteiger partial charge < -0.3 is 24.9 Å². The maximum atomic E-state index is 11.4. The van der Waals surface area contributed by atoms with Gasteiger partial charge in [0.05, 0.1) is 30.0 Å². The third-order valence-electron chi connectivity index (χ3n) is 6.96. The Kier molecular flexibility index (Phi) is 9.61. The molecule has 1 saturated carbocycles. The predicted molar refractivity (Wildman–Crippen MR) is 159 cm³/mol. The summed E-state index contributed by atoms with van der Waals surface area (Å²) in [6.45, 7) is 2.09. The number of fused-ring (bicyclic) bond motifs is 3. The van der Waals surface area contributed by atoms with Crippen molar-refractivity contribution in [1.82, 2.24) is 10.3 Å². The van der Waals surface area contributed by atoms with E-state index in [9.17, 15) is 13.5 Å². The number of benzene rings is 3. The third-order valence-corrected chi connectivity index (χ3v) is 7.57. The van der Waals surface area contributed by atoms with Crippen LogP contribution in [0.15, 0.2) is 60.7 Å². The van der Waals surface area contributed by atoms with Crippen molar-refractivity contribution < 1.29 is 23.0 Å². The molecule has 3 aromatic carbocycles. The number of aromatic nitrogens is 1. The molecule has 4 N–H and O–H groups in total. The molecule has 1 aromatic heterocycles. The average molecular weight is 574 g/mol. The highest BCUT2D eigenvalue weighted by molar-refractivity contribution is 7.92. The van der Waals surface area contributed by atoms with Gasteiger partial charge in [-0.15, -0.1) is 12.4 Å². The van der Waals surface area contributed by atoms with Crippen molar-refractivity contribution in [3.8, 4) is 11.5 Å². The fourth-order valence-electron chi connectivity index (χ4n) is 5.06. The molecule has 0 saturated heterocycles. The maximum absolute atomic E-state index is 11.4. The van der Waals surface area contributed by atoms with Crippen molar-refractivity contribution in [3.63, 3.8) is 0 Å². The standard InChI is InChI=1S/C29H35N3O5S.ClH/c1-38(34,35)32-22-8-4-7-21(15-22)29(33)18-30-13-14-36-23-9-11-25-26-12-10-24(17-28(26)31-27(25)16-23)37-19-20-5-2-3-6-20;/h4,7-12,15-17,20,29-33H,2-3,5-6,13-14,18-19H2,1H3;1H. The normalized spacial score (nSPS) is 14.8. The van der Waals surface area contributed by atoms with Crippen molar-refractivity contribution in [2.75, 3.05) is 37.3 Å². The molecule has 0 radical (unpaired) electrons. The van der Waals surface area contributed by atoms with E-state index in [1.54, 1.807) is 24.3 Å². The smallest absolute Gasteiger partial charge is 0.229 e. The summed E-state index contributed by atoms with van der Waals surface area (Å²) in [5, 5.41) is 15.9. The molecule has 10 heteroatoms. The first-order valence-electron chi connectivity index (χ1n) is 13.1. The summed E-state index contributed by atoms with van der Waals surface area (Å²) in [6.07, 6.45) is 5.50. The molecule has 8 nitrogen and oxygen atoms in total. The van der Waals surface area contributed by atoms with Crippen LogP contribution in [0, 0.1) is 5.92 Å². The van der Waals surface area contributed by atoms with Crippen LogP contribution in [0.4, 0.5) is 5.69 Å². The van der Waals surface area contributed by atoms with Gasteiger partial charge in [-0.3, -0.25) is 4.72 Å². The number of aliphatic hydroxyl groups excluding tert-OH is 1. The van der Waals surface area contributed by atoms with Crippen LogP contribution in [-0.4, -0.2) is 51.1 Å². The van der Waals surface area contributed by atoms with Crippen LogP contribution in [0.25, 0.3) is 21.8 Å². The predicted octanol–water partition coefficient (Wildman–Crippen LogP) is 5.39. The second-order valence-electron chi connectivity index (χ2n) is 10.1. The van der Waals surface area contributed by atoms with E-state index in [4.69, 9.17) is 9.47 Å². The lowest BCUT2D eigenvalue weighted by Gasteiger charge is -2.14. The van der Waals surface area contributed by atoms with Crippen molar-refractivity contribution in [1.29, 1.82) is 0 Å². The summed E-state index contributed by atoms with van der Waals surface area (Å²) < 4.78 is 37.3. The number of hydrogen-bond donors (Lipinski definition) is 4. The molecule has 0 bridgehead atoms. The second kappa shape index (κ2) is 12.9. The van der Waals surface area contributed by atoms with Crippen LogP contribution in [0.2, 0.25) is 0 Å². The minimum atomic E-state index is -3.37. The van der Waals surface area contributed by atoms with E-state index < -0.39 is 16.1 Å². The Morgan fingerprint density at radius 1 is 0.974 bits per heavy atom. The first-order chi connectivity index (χ1) is 18.3. The molecule has 1 atom stereocenters. The van der Waals surface area contributed by atoms with E-state index in [0.29, 0.717) is 36.9 Å². The van der Waals surface area contributed by atoms with Gasteiger partial charge in [-0.05, 0) is 60.7 Å². The number of aliphatic hydroxyl groups is 1. The molecule has 0 amide bonds. The molecule has 1 aliphatic carbocycles. The van der Waals surface area contributed by atoms with E-state index in [-0.39, 0.29) is 12.4 Å². The Hall–Kier alpha value is -2.98. The summed E-state index contributed by atoms with van der Waals surface area (Å²) >= 11 is 0. The van der Waals surface area contributed by atoms with Gasteiger partial charge in [0.25, 0.3) is 0 Å². The molecule has 1 aliphatic rings. The van der Waals surface area contributed by atoms with Crippen LogP contribution in [0.3, 0.4) is 0 Å². The number of rotatable bonds is 12. The molecule has 0 spiro atoms. The van der Waals surface area contributed by atoms with Gasteiger partial charge in [0.2, 0.25) is 10.0 Å².